The Morgan fingerprint density at radius 1 is 1.47 bits per heavy atom. The van der Waals surface area contributed by atoms with Gasteiger partial charge in [0, 0.05) is 43.3 Å². The molecule has 3 N–H and O–H groups in total. The average molecular weight is 241 g/mol. The van der Waals surface area contributed by atoms with Gasteiger partial charge in [-0.2, -0.15) is 0 Å². The van der Waals surface area contributed by atoms with Crippen molar-refractivity contribution >= 4 is 0 Å². The first kappa shape index (κ1) is 12.4. The smallest absolute Gasteiger partial charge is 0.130 e. The largest absolute Gasteiger partial charge is 0.323 e. The van der Waals surface area contributed by atoms with Crippen LogP contribution in [0.25, 0.3) is 0 Å². The molecule has 17 heavy (non-hydrogen) atoms. The molecule has 0 saturated carbocycles. The van der Waals surface area contributed by atoms with Crippen LogP contribution in [-0.2, 0) is 0 Å². The van der Waals surface area contributed by atoms with Crippen molar-refractivity contribution in [1.82, 2.24) is 10.2 Å². The van der Waals surface area contributed by atoms with Crippen LogP contribution in [0, 0.1) is 11.6 Å². The zero-order valence-corrected chi connectivity index (χ0v) is 9.79. The fraction of sp³-hybridized carbons (Fsp3) is 0.500. The lowest BCUT2D eigenvalue weighted by Gasteiger charge is -2.34. The minimum absolute atomic E-state index is 0.00582. The molecule has 3 nitrogen and oxygen atoms in total. The fourth-order valence-electron chi connectivity index (χ4n) is 2.16. The fourth-order valence-corrected chi connectivity index (χ4v) is 2.16. The highest BCUT2D eigenvalue weighted by Gasteiger charge is 2.25. The molecule has 94 valence electrons. The van der Waals surface area contributed by atoms with Crippen LogP contribution < -0.4 is 11.1 Å². The molecule has 0 spiro atoms. The average Bonchev–Trinajstić information content (AvgIpc) is 2.28. The summed E-state index contributed by atoms with van der Waals surface area (Å²) in [5.74, 6) is -1.15. The maximum atomic E-state index is 13.6. The van der Waals surface area contributed by atoms with Crippen LogP contribution in [0.3, 0.4) is 0 Å². The Balaban J connectivity index is 2.15. The minimum Gasteiger partial charge on any atom is -0.323 e. The summed E-state index contributed by atoms with van der Waals surface area (Å²) in [4.78, 5) is 2.14. The molecule has 1 aromatic rings. The summed E-state index contributed by atoms with van der Waals surface area (Å²) >= 11 is 0. The van der Waals surface area contributed by atoms with Crippen LogP contribution >= 0.6 is 0 Å². The van der Waals surface area contributed by atoms with Crippen LogP contribution in [0.5, 0.6) is 0 Å². The normalized spacial score (nSPS) is 23.6. The molecule has 2 unspecified atom stereocenters. The van der Waals surface area contributed by atoms with Gasteiger partial charge in [0.25, 0.3) is 0 Å². The molecule has 1 saturated heterocycles. The van der Waals surface area contributed by atoms with Crippen molar-refractivity contribution in [3.05, 3.63) is 35.4 Å². The standard InChI is InChI=1S/C12H17F2N3/c1-17-5-4-16-11(7-17)12(15)9-3-2-8(13)6-10(9)14/h2-3,6,11-12,16H,4-5,7,15H2,1H3. The minimum atomic E-state index is -0.577. The summed E-state index contributed by atoms with van der Waals surface area (Å²) in [5.41, 5.74) is 6.39. The molecule has 0 aliphatic carbocycles. The summed E-state index contributed by atoms with van der Waals surface area (Å²) in [6, 6.07) is 3.07. The van der Waals surface area contributed by atoms with Gasteiger partial charge in [-0.1, -0.05) is 6.07 Å². The first-order valence-electron chi connectivity index (χ1n) is 5.70. The van der Waals surface area contributed by atoms with E-state index in [0.717, 1.165) is 25.7 Å². The summed E-state index contributed by atoms with van der Waals surface area (Å²) in [6.07, 6.45) is 0. The highest BCUT2D eigenvalue weighted by atomic mass is 19.1. The van der Waals surface area contributed by atoms with Gasteiger partial charge in [0.2, 0.25) is 0 Å². The third-order valence-electron chi connectivity index (χ3n) is 3.16. The molecule has 1 fully saturated rings. The second kappa shape index (κ2) is 5.08. The molecule has 1 aliphatic rings. The number of likely N-dealkylation sites (N-methyl/N-ethyl adjacent to an activating group) is 1. The highest BCUT2D eigenvalue weighted by molar-refractivity contribution is 5.23. The van der Waals surface area contributed by atoms with Gasteiger partial charge in [-0.3, -0.25) is 0 Å². The zero-order chi connectivity index (χ0) is 12.4. The Kier molecular flexibility index (Phi) is 3.71. The van der Waals surface area contributed by atoms with Gasteiger partial charge < -0.3 is 16.0 Å². The van der Waals surface area contributed by atoms with Crippen LogP contribution in [0.4, 0.5) is 8.78 Å². The molecule has 1 aliphatic heterocycles. The maximum absolute atomic E-state index is 13.6. The third-order valence-corrected chi connectivity index (χ3v) is 3.16. The number of piperazine rings is 1. The third kappa shape index (κ3) is 2.80. The number of nitrogens with zero attached hydrogens (tertiary/aromatic N) is 1. The van der Waals surface area contributed by atoms with E-state index in [-0.39, 0.29) is 6.04 Å². The monoisotopic (exact) mass is 241 g/mol. The molecule has 0 radical (unpaired) electrons. The number of benzene rings is 1. The number of rotatable bonds is 2. The topological polar surface area (TPSA) is 41.3 Å². The molecule has 2 rings (SSSR count). The summed E-state index contributed by atoms with van der Waals surface area (Å²) in [6.45, 7) is 2.55. The van der Waals surface area contributed by atoms with Crippen molar-refractivity contribution in [3.8, 4) is 0 Å². The molecular formula is C12H17F2N3. The number of nitrogens with one attached hydrogen (secondary N) is 1. The Morgan fingerprint density at radius 3 is 2.88 bits per heavy atom. The molecule has 0 bridgehead atoms. The van der Waals surface area contributed by atoms with Gasteiger partial charge in [0.15, 0.2) is 0 Å². The van der Waals surface area contributed by atoms with Crippen molar-refractivity contribution in [2.75, 3.05) is 26.7 Å². The van der Waals surface area contributed by atoms with E-state index in [2.05, 4.69) is 10.2 Å². The van der Waals surface area contributed by atoms with E-state index in [1.807, 2.05) is 7.05 Å². The second-order valence-electron chi connectivity index (χ2n) is 4.51. The summed E-state index contributed by atoms with van der Waals surface area (Å²) < 4.78 is 26.4. The van der Waals surface area contributed by atoms with Crippen molar-refractivity contribution in [2.24, 2.45) is 5.73 Å². The summed E-state index contributed by atoms with van der Waals surface area (Å²) in [7, 11) is 2.00. The second-order valence-corrected chi connectivity index (χ2v) is 4.51. The van der Waals surface area contributed by atoms with Crippen LogP contribution in [0.15, 0.2) is 18.2 Å². The van der Waals surface area contributed by atoms with Crippen molar-refractivity contribution in [2.45, 2.75) is 12.1 Å². The first-order chi connectivity index (χ1) is 8.08. The van der Waals surface area contributed by atoms with E-state index >= 15 is 0 Å². The molecule has 5 heteroatoms. The Bertz CT molecular complexity index is 397. The zero-order valence-electron chi connectivity index (χ0n) is 9.79. The Morgan fingerprint density at radius 2 is 2.24 bits per heavy atom. The predicted octanol–water partition coefficient (Wildman–Crippen LogP) is 0.868. The quantitative estimate of drug-likeness (QED) is 0.807. The van der Waals surface area contributed by atoms with E-state index in [1.54, 1.807) is 0 Å². The van der Waals surface area contributed by atoms with Crippen molar-refractivity contribution in [3.63, 3.8) is 0 Å². The van der Waals surface area contributed by atoms with Gasteiger partial charge in [0.05, 0.1) is 0 Å². The van der Waals surface area contributed by atoms with Crippen molar-refractivity contribution in [1.29, 1.82) is 0 Å². The van der Waals surface area contributed by atoms with E-state index in [9.17, 15) is 8.78 Å². The lowest BCUT2D eigenvalue weighted by atomic mass is 9.98. The van der Waals surface area contributed by atoms with E-state index in [0.29, 0.717) is 5.56 Å². The van der Waals surface area contributed by atoms with E-state index in [1.165, 1.54) is 12.1 Å². The first-order valence-corrected chi connectivity index (χ1v) is 5.70. The van der Waals surface area contributed by atoms with Gasteiger partial charge in [0.1, 0.15) is 11.6 Å². The van der Waals surface area contributed by atoms with Gasteiger partial charge >= 0.3 is 0 Å². The van der Waals surface area contributed by atoms with Crippen molar-refractivity contribution < 1.29 is 8.78 Å². The SMILES string of the molecule is CN1CCNC(C(N)c2ccc(F)cc2F)C1. The number of nitrogens with two attached hydrogens (primary N) is 1. The molecule has 0 amide bonds. The number of halogens is 2. The Hall–Kier alpha value is -1.04. The lowest BCUT2D eigenvalue weighted by Crippen LogP contribution is -2.53. The molecular weight excluding hydrogens is 224 g/mol. The molecule has 0 aromatic heterocycles. The van der Waals surface area contributed by atoms with E-state index < -0.39 is 17.7 Å². The maximum Gasteiger partial charge on any atom is 0.130 e. The van der Waals surface area contributed by atoms with Gasteiger partial charge in [-0.15, -0.1) is 0 Å². The Labute approximate surface area is 99.6 Å². The highest BCUT2D eigenvalue weighted by Crippen LogP contribution is 2.20. The van der Waals surface area contributed by atoms with E-state index in [4.69, 9.17) is 5.73 Å². The molecule has 2 atom stereocenters. The lowest BCUT2D eigenvalue weighted by molar-refractivity contribution is 0.218. The molecule has 1 heterocycles. The van der Waals surface area contributed by atoms with Crippen LogP contribution in [0.1, 0.15) is 11.6 Å². The van der Waals surface area contributed by atoms with Crippen LogP contribution in [-0.4, -0.2) is 37.6 Å². The van der Waals surface area contributed by atoms with Crippen LogP contribution in [0.2, 0.25) is 0 Å². The number of hydrogen-bond donors (Lipinski definition) is 2. The predicted molar refractivity (Wildman–Crippen MR) is 62.6 cm³/mol. The van der Waals surface area contributed by atoms with Gasteiger partial charge in [-0.05, 0) is 13.1 Å². The van der Waals surface area contributed by atoms with Gasteiger partial charge in [-0.25, -0.2) is 8.78 Å². The number of hydrogen-bond acceptors (Lipinski definition) is 3. The summed E-state index contributed by atoms with van der Waals surface area (Å²) in [5, 5.41) is 3.26. The molecule has 1 aromatic carbocycles.